The molecule has 21 heavy (non-hydrogen) atoms. The first-order valence-corrected chi connectivity index (χ1v) is 6.74. The summed E-state index contributed by atoms with van der Waals surface area (Å²) < 4.78 is 5.45. The van der Waals surface area contributed by atoms with E-state index in [1.165, 1.54) is 6.07 Å². The second kappa shape index (κ2) is 7.98. The summed E-state index contributed by atoms with van der Waals surface area (Å²) in [4.78, 5) is 9.00. The van der Waals surface area contributed by atoms with Gasteiger partial charge in [-0.15, -0.1) is 0 Å². The quantitative estimate of drug-likeness (QED) is 0.778. The van der Waals surface area contributed by atoms with Gasteiger partial charge in [0.1, 0.15) is 5.75 Å². The molecule has 2 rings (SSSR count). The summed E-state index contributed by atoms with van der Waals surface area (Å²) in [6.45, 7) is 1.08. The zero-order chi connectivity index (χ0) is 16.0. The van der Waals surface area contributed by atoms with Gasteiger partial charge in [-0.1, -0.05) is 34.8 Å². The molecule has 112 valence electrons. The van der Waals surface area contributed by atoms with E-state index in [9.17, 15) is 5.11 Å². The fourth-order valence-electron chi connectivity index (χ4n) is 1.25. The first-order valence-electron chi connectivity index (χ1n) is 5.60. The lowest BCUT2D eigenvalue weighted by atomic mass is 10.3. The lowest BCUT2D eigenvalue weighted by molar-refractivity contribution is -0.134. The number of phenols is 1. The fourth-order valence-corrected chi connectivity index (χ4v) is 1.87. The van der Waals surface area contributed by atoms with Crippen molar-refractivity contribution in [2.75, 3.05) is 0 Å². The van der Waals surface area contributed by atoms with Gasteiger partial charge in [0.25, 0.3) is 5.97 Å². The van der Waals surface area contributed by atoms with E-state index in [0.29, 0.717) is 20.8 Å². The second-order valence-corrected chi connectivity index (χ2v) is 5.09. The Morgan fingerprint density at radius 3 is 1.95 bits per heavy atom. The van der Waals surface area contributed by atoms with Gasteiger partial charge in [0.05, 0.1) is 5.02 Å². The Morgan fingerprint density at radius 1 is 1.00 bits per heavy atom. The summed E-state index contributed by atoms with van der Waals surface area (Å²) in [6, 6.07) is 9.39. The highest BCUT2D eigenvalue weighted by molar-refractivity contribution is 6.35. The number of carboxylic acids is 1. The Bertz CT molecular complexity index is 591. The van der Waals surface area contributed by atoms with Crippen LogP contribution in [0.2, 0.25) is 15.1 Å². The van der Waals surface area contributed by atoms with Crippen LogP contribution in [0.5, 0.6) is 17.2 Å². The third kappa shape index (κ3) is 6.12. The largest absolute Gasteiger partial charge is 0.504 e. The van der Waals surface area contributed by atoms with Gasteiger partial charge in [0, 0.05) is 23.0 Å². The number of carbonyl (C=O) groups is 1. The lowest BCUT2D eigenvalue weighted by Gasteiger charge is -2.09. The number of hydrogen-bond donors (Lipinski definition) is 2. The van der Waals surface area contributed by atoms with E-state index >= 15 is 0 Å². The van der Waals surface area contributed by atoms with Crippen molar-refractivity contribution in [2.24, 2.45) is 0 Å². The first-order chi connectivity index (χ1) is 9.79. The van der Waals surface area contributed by atoms with Crippen LogP contribution in [0.15, 0.2) is 36.4 Å². The van der Waals surface area contributed by atoms with Crippen molar-refractivity contribution < 1.29 is 19.7 Å². The average Bonchev–Trinajstić information content (AvgIpc) is 2.35. The maximum atomic E-state index is 9.62. The average molecular weight is 350 g/mol. The van der Waals surface area contributed by atoms with Crippen LogP contribution in [0.1, 0.15) is 6.92 Å². The molecule has 0 aliphatic heterocycles. The Kier molecular flexibility index (Phi) is 6.62. The number of aromatic hydroxyl groups is 1. The normalized spacial score (nSPS) is 9.52. The molecule has 0 spiro atoms. The van der Waals surface area contributed by atoms with Crippen molar-refractivity contribution in [3.63, 3.8) is 0 Å². The Hall–Kier alpha value is -1.62. The van der Waals surface area contributed by atoms with Crippen molar-refractivity contribution in [1.82, 2.24) is 0 Å². The molecule has 0 atom stereocenters. The number of phenolic OH excluding ortho intramolecular Hbond substituents is 1. The van der Waals surface area contributed by atoms with E-state index in [2.05, 4.69) is 0 Å². The van der Waals surface area contributed by atoms with Gasteiger partial charge in [0.15, 0.2) is 11.5 Å². The molecule has 0 heterocycles. The van der Waals surface area contributed by atoms with E-state index in [1.54, 1.807) is 30.3 Å². The molecule has 0 aliphatic rings. The molecule has 0 saturated carbocycles. The summed E-state index contributed by atoms with van der Waals surface area (Å²) in [5.74, 6) is -0.198. The number of halogens is 3. The smallest absolute Gasteiger partial charge is 0.300 e. The predicted octanol–water partition coefficient (Wildman–Crippen LogP) is 5.24. The third-order valence-electron chi connectivity index (χ3n) is 2.03. The number of benzene rings is 2. The maximum absolute atomic E-state index is 9.62. The van der Waals surface area contributed by atoms with Crippen molar-refractivity contribution in [1.29, 1.82) is 0 Å². The molecule has 0 radical (unpaired) electrons. The molecular formula is C14H11Cl3O4. The molecule has 4 nitrogen and oxygen atoms in total. The third-order valence-corrected chi connectivity index (χ3v) is 2.80. The Labute approximate surface area is 136 Å². The molecule has 0 amide bonds. The summed E-state index contributed by atoms with van der Waals surface area (Å²) in [5.41, 5.74) is 0. The Morgan fingerprint density at radius 2 is 1.48 bits per heavy atom. The minimum absolute atomic E-state index is 0.0523. The van der Waals surface area contributed by atoms with Gasteiger partial charge in [0.2, 0.25) is 0 Å². The molecule has 2 aromatic carbocycles. The molecule has 0 saturated heterocycles. The van der Waals surface area contributed by atoms with Crippen LogP contribution in [-0.4, -0.2) is 16.2 Å². The summed E-state index contributed by atoms with van der Waals surface area (Å²) in [7, 11) is 0. The molecule has 0 fully saturated rings. The zero-order valence-electron chi connectivity index (χ0n) is 10.8. The molecule has 0 bridgehead atoms. The minimum atomic E-state index is -0.833. The Balaban J connectivity index is 0.000000491. The maximum Gasteiger partial charge on any atom is 0.300 e. The topological polar surface area (TPSA) is 66.8 Å². The SMILES string of the molecule is CC(=O)O.Oc1cc(Cl)ccc1Oc1ccc(Cl)cc1Cl. The van der Waals surface area contributed by atoms with Crippen LogP contribution in [0.3, 0.4) is 0 Å². The van der Waals surface area contributed by atoms with Crippen LogP contribution in [0, 0.1) is 0 Å². The lowest BCUT2D eigenvalue weighted by Crippen LogP contribution is -1.86. The molecular weight excluding hydrogens is 339 g/mol. The monoisotopic (exact) mass is 348 g/mol. The van der Waals surface area contributed by atoms with Crippen molar-refractivity contribution in [3.05, 3.63) is 51.5 Å². The van der Waals surface area contributed by atoms with E-state index < -0.39 is 5.97 Å². The van der Waals surface area contributed by atoms with Gasteiger partial charge < -0.3 is 14.9 Å². The van der Waals surface area contributed by atoms with Crippen LogP contribution >= 0.6 is 34.8 Å². The molecule has 2 N–H and O–H groups in total. The highest BCUT2D eigenvalue weighted by Gasteiger charge is 2.08. The van der Waals surface area contributed by atoms with Gasteiger partial charge >= 0.3 is 0 Å². The van der Waals surface area contributed by atoms with Gasteiger partial charge in [-0.2, -0.15) is 0 Å². The predicted molar refractivity (Wildman–Crippen MR) is 83.0 cm³/mol. The van der Waals surface area contributed by atoms with E-state index in [-0.39, 0.29) is 11.5 Å². The fraction of sp³-hybridized carbons (Fsp3) is 0.0714. The van der Waals surface area contributed by atoms with Crippen LogP contribution in [0.4, 0.5) is 0 Å². The number of hydrogen-bond acceptors (Lipinski definition) is 3. The number of rotatable bonds is 2. The standard InChI is InChI=1S/C12H7Cl3O2.C2H4O2/c13-7-1-3-11(9(15)5-7)17-12-4-2-8(14)6-10(12)16;1-2(3)4/h1-6,16H;1H3,(H,3,4). The van der Waals surface area contributed by atoms with Crippen LogP contribution < -0.4 is 4.74 Å². The van der Waals surface area contributed by atoms with Gasteiger partial charge in [-0.05, 0) is 30.3 Å². The molecule has 2 aromatic rings. The number of ether oxygens (including phenoxy) is 1. The highest BCUT2D eigenvalue weighted by atomic mass is 35.5. The van der Waals surface area contributed by atoms with Crippen molar-refractivity contribution in [2.45, 2.75) is 6.92 Å². The minimum Gasteiger partial charge on any atom is -0.504 e. The van der Waals surface area contributed by atoms with Crippen LogP contribution in [0.25, 0.3) is 0 Å². The van der Waals surface area contributed by atoms with E-state index in [1.807, 2.05) is 0 Å². The summed E-state index contributed by atoms with van der Waals surface area (Å²) >= 11 is 17.4. The zero-order valence-corrected chi connectivity index (χ0v) is 13.1. The molecule has 0 aliphatic carbocycles. The molecule has 7 heteroatoms. The second-order valence-electron chi connectivity index (χ2n) is 3.81. The van der Waals surface area contributed by atoms with Crippen molar-refractivity contribution in [3.8, 4) is 17.2 Å². The molecule has 0 aromatic heterocycles. The highest BCUT2D eigenvalue weighted by Crippen LogP contribution is 2.36. The first kappa shape index (κ1) is 17.4. The number of aliphatic carboxylic acids is 1. The van der Waals surface area contributed by atoms with E-state index in [0.717, 1.165) is 6.92 Å². The summed E-state index contributed by atoms with van der Waals surface area (Å²) in [6.07, 6.45) is 0. The van der Waals surface area contributed by atoms with Gasteiger partial charge in [-0.25, -0.2) is 0 Å². The number of carboxylic acid groups (broad SMARTS) is 1. The van der Waals surface area contributed by atoms with E-state index in [4.69, 9.17) is 49.4 Å². The van der Waals surface area contributed by atoms with Gasteiger partial charge in [-0.3, -0.25) is 4.79 Å². The van der Waals surface area contributed by atoms with Crippen LogP contribution in [-0.2, 0) is 4.79 Å². The summed E-state index contributed by atoms with van der Waals surface area (Å²) in [5, 5.41) is 18.3. The van der Waals surface area contributed by atoms with Crippen molar-refractivity contribution >= 4 is 40.8 Å². The molecule has 0 unspecified atom stereocenters.